The van der Waals surface area contributed by atoms with Crippen LogP contribution >= 0.6 is 0 Å². The molecule has 0 fully saturated rings. The first-order chi connectivity index (χ1) is 8.16. The van der Waals surface area contributed by atoms with E-state index in [0.717, 1.165) is 5.76 Å². The fourth-order valence-electron chi connectivity index (χ4n) is 1.57. The van der Waals surface area contributed by atoms with E-state index in [1.54, 1.807) is 36.6 Å². The van der Waals surface area contributed by atoms with Crippen LogP contribution < -0.4 is 11.1 Å². The lowest BCUT2D eigenvalue weighted by molar-refractivity contribution is 0.0935. The molecule has 2 aromatic rings. The van der Waals surface area contributed by atoms with Crippen LogP contribution in [0.1, 0.15) is 29.1 Å². The minimum absolute atomic E-state index is 0.166. The zero-order valence-corrected chi connectivity index (χ0v) is 9.51. The predicted molar refractivity (Wildman–Crippen MR) is 65.4 cm³/mol. The highest BCUT2D eigenvalue weighted by atomic mass is 16.3. The Hall–Kier alpha value is -2.23. The molecule has 0 aliphatic heterocycles. The van der Waals surface area contributed by atoms with Gasteiger partial charge in [-0.05, 0) is 37.3 Å². The molecule has 2 rings (SSSR count). The fourth-order valence-corrected chi connectivity index (χ4v) is 1.57. The standard InChI is InChI=1S/C13H14N2O2/c1-9(12-6-3-7-17-12)15-13(16)10-4-2-5-11(14)8-10/h2-9H,14H2,1H3,(H,15,16)/t9-/m1/s1. The average Bonchev–Trinajstić information content (AvgIpc) is 2.82. The summed E-state index contributed by atoms with van der Waals surface area (Å²) in [6.45, 7) is 1.86. The first-order valence-electron chi connectivity index (χ1n) is 5.36. The molecule has 0 saturated carbocycles. The number of carbonyl (C=O) groups is 1. The Morgan fingerprint density at radius 3 is 2.82 bits per heavy atom. The molecule has 1 heterocycles. The number of carbonyl (C=O) groups excluding carboxylic acids is 1. The molecule has 0 spiro atoms. The van der Waals surface area contributed by atoms with Crippen molar-refractivity contribution in [3.8, 4) is 0 Å². The lowest BCUT2D eigenvalue weighted by Crippen LogP contribution is -2.26. The van der Waals surface area contributed by atoms with E-state index in [2.05, 4.69) is 5.32 Å². The van der Waals surface area contributed by atoms with Crippen LogP contribution in [0.3, 0.4) is 0 Å². The summed E-state index contributed by atoms with van der Waals surface area (Å²) < 4.78 is 5.22. The Labute approximate surface area is 99.4 Å². The molecule has 88 valence electrons. The second-order valence-corrected chi connectivity index (χ2v) is 3.84. The van der Waals surface area contributed by atoms with Gasteiger partial charge >= 0.3 is 0 Å². The molecular weight excluding hydrogens is 216 g/mol. The number of rotatable bonds is 3. The van der Waals surface area contributed by atoms with Crippen LogP contribution in [-0.2, 0) is 0 Å². The number of amides is 1. The smallest absolute Gasteiger partial charge is 0.251 e. The van der Waals surface area contributed by atoms with Crippen LogP contribution in [0.2, 0.25) is 0 Å². The van der Waals surface area contributed by atoms with Crippen molar-refractivity contribution in [1.29, 1.82) is 0 Å². The second-order valence-electron chi connectivity index (χ2n) is 3.84. The van der Waals surface area contributed by atoms with Gasteiger partial charge in [0.25, 0.3) is 5.91 Å². The summed E-state index contributed by atoms with van der Waals surface area (Å²) in [5, 5.41) is 2.84. The van der Waals surface area contributed by atoms with Crippen LogP contribution in [0.15, 0.2) is 47.1 Å². The van der Waals surface area contributed by atoms with E-state index in [1.165, 1.54) is 0 Å². The van der Waals surface area contributed by atoms with Gasteiger partial charge in [0.05, 0.1) is 12.3 Å². The number of hydrogen-bond acceptors (Lipinski definition) is 3. The van der Waals surface area contributed by atoms with Gasteiger partial charge in [-0.25, -0.2) is 0 Å². The molecule has 1 aromatic carbocycles. The van der Waals surface area contributed by atoms with Crippen LogP contribution in [0, 0.1) is 0 Å². The third kappa shape index (κ3) is 2.66. The van der Waals surface area contributed by atoms with E-state index in [-0.39, 0.29) is 11.9 Å². The minimum Gasteiger partial charge on any atom is -0.467 e. The summed E-state index contributed by atoms with van der Waals surface area (Å²) in [6.07, 6.45) is 1.58. The van der Waals surface area contributed by atoms with Crippen molar-refractivity contribution in [1.82, 2.24) is 5.32 Å². The number of furan rings is 1. The van der Waals surface area contributed by atoms with Gasteiger partial charge in [0.15, 0.2) is 0 Å². The zero-order chi connectivity index (χ0) is 12.3. The normalized spacial score (nSPS) is 12.1. The minimum atomic E-state index is -0.168. The summed E-state index contributed by atoms with van der Waals surface area (Å²) in [5.74, 6) is 0.559. The summed E-state index contributed by atoms with van der Waals surface area (Å²) in [5.41, 5.74) is 6.74. The van der Waals surface area contributed by atoms with Gasteiger partial charge in [-0.1, -0.05) is 6.07 Å². The van der Waals surface area contributed by atoms with Crippen molar-refractivity contribution in [2.75, 3.05) is 5.73 Å². The molecule has 1 atom stereocenters. The number of anilines is 1. The van der Waals surface area contributed by atoms with Crippen LogP contribution in [0.5, 0.6) is 0 Å². The molecule has 0 saturated heterocycles. The quantitative estimate of drug-likeness (QED) is 0.795. The molecule has 1 aromatic heterocycles. The van der Waals surface area contributed by atoms with E-state index in [9.17, 15) is 4.79 Å². The maximum Gasteiger partial charge on any atom is 0.251 e. The first-order valence-corrected chi connectivity index (χ1v) is 5.36. The second kappa shape index (κ2) is 4.74. The highest BCUT2D eigenvalue weighted by Gasteiger charge is 2.13. The topological polar surface area (TPSA) is 68.3 Å². The number of hydrogen-bond donors (Lipinski definition) is 2. The van der Waals surface area contributed by atoms with E-state index in [4.69, 9.17) is 10.2 Å². The van der Waals surface area contributed by atoms with Gasteiger partial charge in [-0.15, -0.1) is 0 Å². The summed E-state index contributed by atoms with van der Waals surface area (Å²) in [6, 6.07) is 10.3. The largest absolute Gasteiger partial charge is 0.467 e. The summed E-state index contributed by atoms with van der Waals surface area (Å²) >= 11 is 0. The maximum absolute atomic E-state index is 11.9. The SMILES string of the molecule is C[C@@H](NC(=O)c1cccc(N)c1)c1ccco1. The van der Waals surface area contributed by atoms with E-state index in [0.29, 0.717) is 11.3 Å². The molecule has 0 unspecified atom stereocenters. The zero-order valence-electron chi connectivity index (χ0n) is 9.51. The van der Waals surface area contributed by atoms with Gasteiger partial charge in [-0.2, -0.15) is 0 Å². The van der Waals surface area contributed by atoms with Gasteiger partial charge in [-0.3, -0.25) is 4.79 Å². The van der Waals surface area contributed by atoms with E-state index < -0.39 is 0 Å². The van der Waals surface area contributed by atoms with Gasteiger partial charge in [0, 0.05) is 11.3 Å². The summed E-state index contributed by atoms with van der Waals surface area (Å²) in [7, 11) is 0. The Balaban J connectivity index is 2.07. The van der Waals surface area contributed by atoms with Crippen molar-refractivity contribution in [2.24, 2.45) is 0 Å². The molecule has 0 aliphatic rings. The highest BCUT2D eigenvalue weighted by Crippen LogP contribution is 2.14. The lowest BCUT2D eigenvalue weighted by Gasteiger charge is -2.11. The third-order valence-corrected chi connectivity index (χ3v) is 2.47. The van der Waals surface area contributed by atoms with E-state index in [1.807, 2.05) is 13.0 Å². The van der Waals surface area contributed by atoms with Crippen molar-refractivity contribution in [3.05, 3.63) is 54.0 Å². The fraction of sp³-hybridized carbons (Fsp3) is 0.154. The first kappa shape index (κ1) is 11.3. The lowest BCUT2D eigenvalue weighted by atomic mass is 10.1. The molecule has 3 N–H and O–H groups in total. The highest BCUT2D eigenvalue weighted by molar-refractivity contribution is 5.95. The monoisotopic (exact) mass is 230 g/mol. The molecule has 1 amide bonds. The third-order valence-electron chi connectivity index (χ3n) is 2.47. The molecule has 0 aliphatic carbocycles. The molecule has 0 radical (unpaired) electrons. The Morgan fingerprint density at radius 1 is 1.35 bits per heavy atom. The van der Waals surface area contributed by atoms with Crippen molar-refractivity contribution in [2.45, 2.75) is 13.0 Å². The van der Waals surface area contributed by atoms with Gasteiger partial charge < -0.3 is 15.5 Å². The number of benzene rings is 1. The Kier molecular flexibility index (Phi) is 3.14. The van der Waals surface area contributed by atoms with Crippen LogP contribution in [0.25, 0.3) is 0 Å². The number of nitrogens with one attached hydrogen (secondary N) is 1. The van der Waals surface area contributed by atoms with Gasteiger partial charge in [0.1, 0.15) is 5.76 Å². The van der Waals surface area contributed by atoms with Crippen LogP contribution in [-0.4, -0.2) is 5.91 Å². The number of nitrogens with two attached hydrogens (primary N) is 1. The molecule has 0 bridgehead atoms. The molecule has 17 heavy (non-hydrogen) atoms. The number of nitrogen functional groups attached to an aromatic ring is 1. The molecule has 4 heteroatoms. The Morgan fingerprint density at radius 2 is 2.18 bits per heavy atom. The summed E-state index contributed by atoms with van der Waals surface area (Å²) in [4.78, 5) is 11.9. The van der Waals surface area contributed by atoms with Crippen LogP contribution in [0.4, 0.5) is 5.69 Å². The molecular formula is C13H14N2O2. The van der Waals surface area contributed by atoms with Crippen molar-refractivity contribution in [3.63, 3.8) is 0 Å². The van der Waals surface area contributed by atoms with Gasteiger partial charge in [0.2, 0.25) is 0 Å². The van der Waals surface area contributed by atoms with E-state index >= 15 is 0 Å². The molecule has 4 nitrogen and oxygen atoms in total. The maximum atomic E-state index is 11.9. The van der Waals surface area contributed by atoms with Crippen molar-refractivity contribution >= 4 is 11.6 Å². The average molecular weight is 230 g/mol. The predicted octanol–water partition coefficient (Wildman–Crippen LogP) is 2.35. The Bertz CT molecular complexity index is 506. The van der Waals surface area contributed by atoms with Crippen molar-refractivity contribution < 1.29 is 9.21 Å².